The zero-order valence-corrected chi connectivity index (χ0v) is 15.1. The van der Waals surface area contributed by atoms with Gasteiger partial charge in [0.2, 0.25) is 5.91 Å². The van der Waals surface area contributed by atoms with Gasteiger partial charge in [0, 0.05) is 12.1 Å². The fraction of sp³-hybridized carbons (Fsp3) is 0.600. The normalized spacial score (nSPS) is 21.9. The molecular weight excluding hydrogens is 314 g/mol. The van der Waals surface area contributed by atoms with Crippen molar-refractivity contribution in [3.63, 3.8) is 0 Å². The number of nitrogens with one attached hydrogen (secondary N) is 2. The predicted octanol–water partition coefficient (Wildman–Crippen LogP) is 3.17. The number of anilines is 1. The molecule has 2 amide bonds. The SMILES string of the molecule is C[C@H]1CCCCN1CC(=O)Nc1ccccc1C(=O)NC1CCCC1. The van der Waals surface area contributed by atoms with Crippen molar-refractivity contribution < 1.29 is 9.59 Å². The molecule has 2 fully saturated rings. The molecule has 136 valence electrons. The number of likely N-dealkylation sites (tertiary alicyclic amines) is 1. The second-order valence-corrected chi connectivity index (χ2v) is 7.36. The van der Waals surface area contributed by atoms with Crippen molar-refractivity contribution in [2.24, 2.45) is 0 Å². The zero-order valence-electron chi connectivity index (χ0n) is 15.1. The van der Waals surface area contributed by atoms with Gasteiger partial charge in [0.1, 0.15) is 0 Å². The molecule has 5 heteroatoms. The number of hydrogen-bond acceptors (Lipinski definition) is 3. The lowest BCUT2D eigenvalue weighted by atomic mass is 10.0. The average Bonchev–Trinajstić information content (AvgIpc) is 3.10. The first kappa shape index (κ1) is 17.9. The highest BCUT2D eigenvalue weighted by Crippen LogP contribution is 2.21. The summed E-state index contributed by atoms with van der Waals surface area (Å²) in [5.74, 6) is -0.135. The van der Waals surface area contributed by atoms with Gasteiger partial charge >= 0.3 is 0 Å². The van der Waals surface area contributed by atoms with Crippen LogP contribution in [0.15, 0.2) is 24.3 Å². The molecule has 1 saturated heterocycles. The predicted molar refractivity (Wildman–Crippen MR) is 99.7 cm³/mol. The van der Waals surface area contributed by atoms with E-state index in [2.05, 4.69) is 22.5 Å². The Morgan fingerprint density at radius 1 is 1.08 bits per heavy atom. The third-order valence-corrected chi connectivity index (χ3v) is 5.42. The molecule has 0 bridgehead atoms. The van der Waals surface area contributed by atoms with Crippen LogP contribution in [0.3, 0.4) is 0 Å². The zero-order chi connectivity index (χ0) is 17.6. The van der Waals surface area contributed by atoms with Crippen LogP contribution in [0.1, 0.15) is 62.2 Å². The lowest BCUT2D eigenvalue weighted by Gasteiger charge is -2.32. The molecule has 0 aromatic heterocycles. The maximum atomic E-state index is 12.6. The van der Waals surface area contributed by atoms with Gasteiger partial charge in [-0.25, -0.2) is 0 Å². The maximum absolute atomic E-state index is 12.6. The monoisotopic (exact) mass is 343 g/mol. The van der Waals surface area contributed by atoms with E-state index in [9.17, 15) is 9.59 Å². The van der Waals surface area contributed by atoms with Crippen molar-refractivity contribution in [2.45, 2.75) is 64.0 Å². The molecule has 1 atom stereocenters. The standard InChI is InChI=1S/C20H29N3O2/c1-15-8-6-7-13-23(15)14-19(24)22-18-12-5-4-11-17(18)20(25)21-16-9-2-3-10-16/h4-5,11-12,15-16H,2-3,6-10,13-14H2,1H3,(H,21,25)(H,22,24)/t15-/m0/s1. The molecule has 5 nitrogen and oxygen atoms in total. The maximum Gasteiger partial charge on any atom is 0.253 e. The Morgan fingerprint density at radius 2 is 1.80 bits per heavy atom. The van der Waals surface area contributed by atoms with Crippen LogP contribution in [0.5, 0.6) is 0 Å². The summed E-state index contributed by atoms with van der Waals surface area (Å²) in [6.07, 6.45) is 7.99. The first-order valence-electron chi connectivity index (χ1n) is 9.57. The van der Waals surface area contributed by atoms with Crippen LogP contribution in [0, 0.1) is 0 Å². The van der Waals surface area contributed by atoms with Crippen molar-refractivity contribution in [1.82, 2.24) is 10.2 Å². The smallest absolute Gasteiger partial charge is 0.253 e. The third-order valence-electron chi connectivity index (χ3n) is 5.42. The minimum Gasteiger partial charge on any atom is -0.349 e. The van der Waals surface area contributed by atoms with E-state index in [1.54, 1.807) is 12.1 Å². The number of carbonyl (C=O) groups is 2. The van der Waals surface area contributed by atoms with Crippen molar-refractivity contribution in [2.75, 3.05) is 18.4 Å². The summed E-state index contributed by atoms with van der Waals surface area (Å²) in [5, 5.41) is 6.04. The van der Waals surface area contributed by atoms with Crippen LogP contribution in [0.4, 0.5) is 5.69 Å². The summed E-state index contributed by atoms with van der Waals surface area (Å²) in [4.78, 5) is 27.3. The van der Waals surface area contributed by atoms with Crippen LogP contribution in [-0.4, -0.2) is 41.9 Å². The summed E-state index contributed by atoms with van der Waals surface area (Å²) in [6.45, 7) is 3.54. The van der Waals surface area contributed by atoms with Gasteiger partial charge in [0.15, 0.2) is 0 Å². The molecule has 0 radical (unpaired) electrons. The van der Waals surface area contributed by atoms with Gasteiger partial charge < -0.3 is 10.6 Å². The van der Waals surface area contributed by atoms with E-state index in [0.717, 1.165) is 32.2 Å². The van der Waals surface area contributed by atoms with Crippen LogP contribution in [0.2, 0.25) is 0 Å². The number of benzene rings is 1. The van der Waals surface area contributed by atoms with Gasteiger partial charge in [-0.05, 0) is 51.3 Å². The molecular formula is C20H29N3O2. The minimum atomic E-state index is -0.0888. The van der Waals surface area contributed by atoms with E-state index in [1.165, 1.54) is 19.3 Å². The molecule has 2 aliphatic rings. The highest BCUT2D eigenvalue weighted by atomic mass is 16.2. The third kappa shape index (κ3) is 4.82. The van der Waals surface area contributed by atoms with Gasteiger partial charge in [-0.1, -0.05) is 31.4 Å². The molecule has 1 aliphatic heterocycles. The lowest BCUT2D eigenvalue weighted by molar-refractivity contribution is -0.118. The van der Waals surface area contributed by atoms with E-state index in [4.69, 9.17) is 0 Å². The van der Waals surface area contributed by atoms with Gasteiger partial charge in [0.25, 0.3) is 5.91 Å². The summed E-state index contributed by atoms with van der Waals surface area (Å²) >= 11 is 0. The fourth-order valence-corrected chi connectivity index (χ4v) is 3.89. The fourth-order valence-electron chi connectivity index (χ4n) is 3.89. The Labute approximate surface area is 150 Å². The minimum absolute atomic E-state index is 0.0464. The van der Waals surface area contributed by atoms with Crippen LogP contribution < -0.4 is 10.6 Å². The summed E-state index contributed by atoms with van der Waals surface area (Å²) in [7, 11) is 0. The molecule has 2 N–H and O–H groups in total. The van der Waals surface area contributed by atoms with Crippen molar-refractivity contribution in [3.8, 4) is 0 Å². The number of rotatable bonds is 5. The van der Waals surface area contributed by atoms with Gasteiger partial charge in [0.05, 0.1) is 17.8 Å². The highest BCUT2D eigenvalue weighted by molar-refractivity contribution is 6.04. The van der Waals surface area contributed by atoms with Crippen molar-refractivity contribution in [3.05, 3.63) is 29.8 Å². The van der Waals surface area contributed by atoms with E-state index >= 15 is 0 Å². The average molecular weight is 343 g/mol. The topological polar surface area (TPSA) is 61.4 Å². The van der Waals surface area contributed by atoms with Crippen LogP contribution in [-0.2, 0) is 4.79 Å². The summed E-state index contributed by atoms with van der Waals surface area (Å²) in [6, 6.07) is 7.99. The molecule has 1 saturated carbocycles. The van der Waals surface area contributed by atoms with E-state index in [0.29, 0.717) is 23.8 Å². The molecule has 25 heavy (non-hydrogen) atoms. The van der Waals surface area contributed by atoms with Crippen LogP contribution in [0.25, 0.3) is 0 Å². The number of carbonyl (C=O) groups excluding carboxylic acids is 2. The van der Waals surface area contributed by atoms with Crippen molar-refractivity contribution >= 4 is 17.5 Å². The molecule has 3 rings (SSSR count). The highest BCUT2D eigenvalue weighted by Gasteiger charge is 2.22. The Morgan fingerprint density at radius 3 is 2.56 bits per heavy atom. The number of amides is 2. The Kier molecular flexibility index (Phi) is 6.08. The summed E-state index contributed by atoms with van der Waals surface area (Å²) < 4.78 is 0. The number of para-hydroxylation sites is 1. The van der Waals surface area contributed by atoms with Gasteiger partial charge in [-0.2, -0.15) is 0 Å². The van der Waals surface area contributed by atoms with E-state index < -0.39 is 0 Å². The van der Waals surface area contributed by atoms with E-state index in [-0.39, 0.29) is 17.9 Å². The largest absolute Gasteiger partial charge is 0.349 e. The molecule has 0 unspecified atom stereocenters. The Hall–Kier alpha value is -1.88. The number of piperidine rings is 1. The molecule has 0 spiro atoms. The van der Waals surface area contributed by atoms with Gasteiger partial charge in [-0.15, -0.1) is 0 Å². The molecule has 1 aromatic rings. The summed E-state index contributed by atoms with van der Waals surface area (Å²) in [5.41, 5.74) is 1.15. The second kappa shape index (κ2) is 8.48. The van der Waals surface area contributed by atoms with Crippen molar-refractivity contribution in [1.29, 1.82) is 0 Å². The second-order valence-electron chi connectivity index (χ2n) is 7.36. The number of hydrogen-bond donors (Lipinski definition) is 2. The molecule has 1 aliphatic carbocycles. The lowest BCUT2D eigenvalue weighted by Crippen LogP contribution is -2.42. The molecule has 1 heterocycles. The van der Waals surface area contributed by atoms with Gasteiger partial charge in [-0.3, -0.25) is 14.5 Å². The first-order valence-corrected chi connectivity index (χ1v) is 9.57. The van der Waals surface area contributed by atoms with E-state index in [1.807, 2.05) is 12.1 Å². The Bertz CT molecular complexity index is 611. The molecule has 1 aromatic carbocycles. The van der Waals surface area contributed by atoms with Crippen LogP contribution >= 0.6 is 0 Å². The quantitative estimate of drug-likeness (QED) is 0.863. The number of nitrogens with zero attached hydrogens (tertiary/aromatic N) is 1. The Balaban J connectivity index is 1.61. The first-order chi connectivity index (χ1) is 12.1.